The van der Waals surface area contributed by atoms with Gasteiger partial charge in [-0.2, -0.15) is 5.10 Å². The Kier molecular flexibility index (Phi) is 6.71. The number of hydrazone groups is 1. The van der Waals surface area contributed by atoms with Crippen LogP contribution >= 0.6 is 0 Å². The molecule has 0 atom stereocenters. The molecule has 0 aliphatic rings. The number of carbonyl (C=O) groups excluding carboxylic acids is 1. The smallest absolute Gasteiger partial charge is 0.303 e. The minimum Gasteiger partial charge on any atom is -0.481 e. The number of anilines is 1. The molecule has 0 radical (unpaired) electrons. The van der Waals surface area contributed by atoms with E-state index >= 15 is 0 Å². The van der Waals surface area contributed by atoms with Crippen molar-refractivity contribution >= 4 is 23.3 Å². The zero-order chi connectivity index (χ0) is 18.1. The van der Waals surface area contributed by atoms with E-state index in [0.717, 1.165) is 16.8 Å². The summed E-state index contributed by atoms with van der Waals surface area (Å²) >= 11 is 0. The number of aryl methyl sites for hydroxylation is 1. The first-order valence-electron chi connectivity index (χ1n) is 7.98. The summed E-state index contributed by atoms with van der Waals surface area (Å²) in [5, 5.41) is 16.0. The average molecular weight is 339 g/mol. The molecule has 1 amide bonds. The average Bonchev–Trinajstić information content (AvgIpc) is 2.61. The molecule has 0 bridgehead atoms. The third-order valence-corrected chi connectivity index (χ3v) is 3.58. The Morgan fingerprint density at radius 3 is 2.36 bits per heavy atom. The van der Waals surface area contributed by atoms with Crippen molar-refractivity contribution in [2.45, 2.75) is 19.8 Å². The number of carbonyl (C=O) groups is 2. The molecule has 2 rings (SSSR count). The second kappa shape index (κ2) is 9.22. The highest BCUT2D eigenvalue weighted by Gasteiger charge is 2.08. The molecule has 6 heteroatoms. The van der Waals surface area contributed by atoms with Crippen LogP contribution in [0.3, 0.4) is 0 Å². The zero-order valence-corrected chi connectivity index (χ0v) is 14.0. The lowest BCUT2D eigenvalue weighted by molar-refractivity contribution is -0.136. The van der Waals surface area contributed by atoms with E-state index in [-0.39, 0.29) is 25.3 Å². The third-order valence-electron chi connectivity index (χ3n) is 3.58. The number of carboxylic acids is 1. The van der Waals surface area contributed by atoms with E-state index in [1.165, 1.54) is 0 Å². The van der Waals surface area contributed by atoms with E-state index in [1.807, 2.05) is 61.5 Å². The maximum Gasteiger partial charge on any atom is 0.303 e. The lowest BCUT2D eigenvalue weighted by Gasteiger charge is -2.09. The first-order chi connectivity index (χ1) is 12.1. The molecule has 0 heterocycles. The zero-order valence-electron chi connectivity index (χ0n) is 14.0. The maximum atomic E-state index is 12.0. The third kappa shape index (κ3) is 6.10. The number of para-hydroxylation sites is 1. The molecule has 2 aromatic rings. The van der Waals surface area contributed by atoms with Gasteiger partial charge >= 0.3 is 5.97 Å². The Morgan fingerprint density at radius 2 is 1.68 bits per heavy atom. The van der Waals surface area contributed by atoms with Crippen LogP contribution in [0.15, 0.2) is 59.7 Å². The van der Waals surface area contributed by atoms with Crippen LogP contribution in [0.2, 0.25) is 0 Å². The Labute approximate surface area is 146 Å². The summed E-state index contributed by atoms with van der Waals surface area (Å²) < 4.78 is 0. The molecule has 0 aliphatic carbocycles. The molecular weight excluding hydrogens is 318 g/mol. The van der Waals surface area contributed by atoms with Crippen molar-refractivity contribution in [1.82, 2.24) is 5.43 Å². The number of carboxylic acid groups (broad SMARTS) is 1. The van der Waals surface area contributed by atoms with Crippen molar-refractivity contribution < 1.29 is 14.7 Å². The van der Waals surface area contributed by atoms with Gasteiger partial charge in [0.2, 0.25) is 0 Å². The molecule has 0 saturated carbocycles. The van der Waals surface area contributed by atoms with Crippen molar-refractivity contribution in [3.05, 3.63) is 65.7 Å². The topological polar surface area (TPSA) is 90.8 Å². The number of hydrogen-bond donors (Lipinski definition) is 3. The Bertz CT molecular complexity index is 758. The Balaban J connectivity index is 1.98. The summed E-state index contributed by atoms with van der Waals surface area (Å²) in [5.41, 5.74) is 5.74. The van der Waals surface area contributed by atoms with Gasteiger partial charge in [0, 0.05) is 12.1 Å². The van der Waals surface area contributed by atoms with E-state index in [1.54, 1.807) is 0 Å². The molecule has 0 spiro atoms. The minimum absolute atomic E-state index is 0.0505. The lowest BCUT2D eigenvalue weighted by atomic mass is 10.1. The highest BCUT2D eigenvalue weighted by Crippen LogP contribution is 2.12. The van der Waals surface area contributed by atoms with Gasteiger partial charge in [0.15, 0.2) is 0 Å². The summed E-state index contributed by atoms with van der Waals surface area (Å²) in [6.45, 7) is 2.03. The molecule has 3 N–H and O–H groups in total. The van der Waals surface area contributed by atoms with Gasteiger partial charge in [0.25, 0.3) is 5.91 Å². The molecular formula is C19H21N3O3. The van der Waals surface area contributed by atoms with E-state index in [9.17, 15) is 9.59 Å². The number of rotatable bonds is 8. The van der Waals surface area contributed by atoms with Crippen LogP contribution in [0.1, 0.15) is 24.0 Å². The maximum absolute atomic E-state index is 12.0. The largest absolute Gasteiger partial charge is 0.481 e. The van der Waals surface area contributed by atoms with Crippen molar-refractivity contribution in [1.29, 1.82) is 0 Å². The summed E-state index contributed by atoms with van der Waals surface area (Å²) in [6.07, 6.45) is 0.190. The summed E-state index contributed by atoms with van der Waals surface area (Å²) in [4.78, 5) is 22.8. The lowest BCUT2D eigenvalue weighted by Crippen LogP contribution is -2.27. The molecule has 2 aromatic carbocycles. The van der Waals surface area contributed by atoms with Gasteiger partial charge < -0.3 is 10.4 Å². The summed E-state index contributed by atoms with van der Waals surface area (Å²) in [5.74, 6) is -1.21. The van der Waals surface area contributed by atoms with Crippen LogP contribution in [0.4, 0.5) is 5.69 Å². The van der Waals surface area contributed by atoms with E-state index in [4.69, 9.17) is 5.11 Å². The molecule has 6 nitrogen and oxygen atoms in total. The van der Waals surface area contributed by atoms with Crippen LogP contribution < -0.4 is 10.7 Å². The van der Waals surface area contributed by atoms with E-state index in [2.05, 4.69) is 15.8 Å². The number of amides is 1. The highest BCUT2D eigenvalue weighted by atomic mass is 16.4. The number of nitrogens with zero attached hydrogens (tertiary/aromatic N) is 1. The molecule has 0 fully saturated rings. The van der Waals surface area contributed by atoms with Crippen molar-refractivity contribution in [2.24, 2.45) is 5.10 Å². The predicted octanol–water partition coefficient (Wildman–Crippen LogP) is 2.79. The minimum atomic E-state index is -0.906. The van der Waals surface area contributed by atoms with Crippen molar-refractivity contribution in [3.8, 4) is 0 Å². The van der Waals surface area contributed by atoms with Crippen LogP contribution in [0.25, 0.3) is 0 Å². The van der Waals surface area contributed by atoms with Crippen LogP contribution in [-0.4, -0.2) is 29.2 Å². The van der Waals surface area contributed by atoms with Gasteiger partial charge in [-0.1, -0.05) is 48.5 Å². The molecule has 0 saturated heterocycles. The quantitative estimate of drug-likeness (QED) is 0.509. The number of aliphatic carboxylic acids is 1. The normalized spacial score (nSPS) is 11.0. The standard InChI is InChI=1S/C19H21N3O3/c1-14-7-5-6-10-16(14)20-13-18(23)22-21-17(11-12-19(24)25)15-8-3-2-4-9-15/h2-10,20H,11-13H2,1H3,(H,22,23)(H,24,25)/b21-17+. The fraction of sp³-hybridized carbons (Fsp3) is 0.211. The van der Waals surface area contributed by atoms with Gasteiger partial charge in [0.1, 0.15) is 0 Å². The highest BCUT2D eigenvalue weighted by molar-refractivity contribution is 6.02. The first kappa shape index (κ1) is 18.2. The van der Waals surface area contributed by atoms with E-state index < -0.39 is 5.97 Å². The van der Waals surface area contributed by atoms with Gasteiger partial charge in [-0.3, -0.25) is 9.59 Å². The predicted molar refractivity (Wildman–Crippen MR) is 97.7 cm³/mol. The van der Waals surface area contributed by atoms with Crippen molar-refractivity contribution in [3.63, 3.8) is 0 Å². The Hall–Kier alpha value is -3.15. The molecule has 25 heavy (non-hydrogen) atoms. The van der Waals surface area contributed by atoms with Crippen LogP contribution in [-0.2, 0) is 9.59 Å². The molecule has 0 aromatic heterocycles. The second-order valence-corrected chi connectivity index (χ2v) is 5.52. The molecule has 130 valence electrons. The van der Waals surface area contributed by atoms with Gasteiger partial charge in [-0.15, -0.1) is 0 Å². The fourth-order valence-electron chi connectivity index (χ4n) is 2.24. The molecule has 0 aliphatic heterocycles. The van der Waals surface area contributed by atoms with Gasteiger partial charge in [0.05, 0.1) is 18.7 Å². The SMILES string of the molecule is Cc1ccccc1NCC(=O)N/N=C(\CCC(=O)O)c1ccccc1. The summed E-state index contributed by atoms with van der Waals surface area (Å²) in [7, 11) is 0. The van der Waals surface area contributed by atoms with E-state index in [0.29, 0.717) is 5.71 Å². The monoisotopic (exact) mass is 339 g/mol. The fourth-order valence-corrected chi connectivity index (χ4v) is 2.24. The second-order valence-electron chi connectivity index (χ2n) is 5.52. The molecule has 0 unspecified atom stereocenters. The summed E-state index contributed by atoms with van der Waals surface area (Å²) in [6, 6.07) is 16.9. The van der Waals surface area contributed by atoms with Gasteiger partial charge in [-0.25, -0.2) is 5.43 Å². The van der Waals surface area contributed by atoms with Crippen LogP contribution in [0.5, 0.6) is 0 Å². The number of benzene rings is 2. The first-order valence-corrected chi connectivity index (χ1v) is 7.98. The number of nitrogens with one attached hydrogen (secondary N) is 2. The van der Waals surface area contributed by atoms with Crippen molar-refractivity contribution in [2.75, 3.05) is 11.9 Å². The van der Waals surface area contributed by atoms with Gasteiger partial charge in [-0.05, 0) is 24.1 Å². The number of hydrogen-bond acceptors (Lipinski definition) is 4. The van der Waals surface area contributed by atoms with Crippen LogP contribution in [0, 0.1) is 6.92 Å². The Morgan fingerprint density at radius 1 is 1.00 bits per heavy atom.